The maximum absolute atomic E-state index is 12.7. The van der Waals surface area contributed by atoms with Gasteiger partial charge in [-0.25, -0.2) is 4.79 Å². The molecule has 0 radical (unpaired) electrons. The first kappa shape index (κ1) is 20.1. The lowest BCUT2D eigenvalue weighted by Gasteiger charge is -2.16. The first-order valence-corrected chi connectivity index (χ1v) is 9.05. The second-order valence-electron chi connectivity index (χ2n) is 6.24. The van der Waals surface area contributed by atoms with Crippen molar-refractivity contribution >= 4 is 23.9 Å². The number of amides is 2. The number of ether oxygens (including phenoxy) is 3. The van der Waals surface area contributed by atoms with Gasteiger partial charge in [0.25, 0.3) is 11.8 Å². The van der Waals surface area contributed by atoms with E-state index in [2.05, 4.69) is 0 Å². The van der Waals surface area contributed by atoms with E-state index < -0.39 is 17.8 Å². The molecule has 0 spiro atoms. The molecule has 2 aromatic carbocycles. The van der Waals surface area contributed by atoms with Gasteiger partial charge in [-0.05, 0) is 37.3 Å². The Morgan fingerprint density at radius 3 is 2.21 bits per heavy atom. The van der Waals surface area contributed by atoms with Gasteiger partial charge in [0, 0.05) is 11.6 Å². The van der Waals surface area contributed by atoms with Gasteiger partial charge in [0.05, 0.1) is 44.1 Å². The summed E-state index contributed by atoms with van der Waals surface area (Å²) < 4.78 is 15.7. The lowest BCUT2D eigenvalue weighted by molar-refractivity contribution is -0.138. The summed E-state index contributed by atoms with van der Waals surface area (Å²) >= 11 is 0. The molecule has 0 unspecified atom stereocenters. The predicted octanol–water partition coefficient (Wildman–Crippen LogP) is 2.95. The number of methoxy groups -OCH3 is 2. The molecular formula is C22H21NO6. The Morgan fingerprint density at radius 2 is 1.66 bits per heavy atom. The average molecular weight is 395 g/mol. The second kappa shape index (κ2) is 8.60. The van der Waals surface area contributed by atoms with Crippen LogP contribution >= 0.6 is 0 Å². The fourth-order valence-corrected chi connectivity index (χ4v) is 3.07. The van der Waals surface area contributed by atoms with Gasteiger partial charge in [0.2, 0.25) is 0 Å². The highest BCUT2D eigenvalue weighted by Gasteiger charge is 2.36. The highest BCUT2D eigenvalue weighted by Crippen LogP contribution is 2.28. The fraction of sp³-hybridized carbons (Fsp3) is 0.227. The molecule has 0 atom stereocenters. The number of hydrogen-bond acceptors (Lipinski definition) is 6. The third kappa shape index (κ3) is 3.99. The molecule has 0 aliphatic carbocycles. The van der Waals surface area contributed by atoms with Crippen molar-refractivity contribution in [3.8, 4) is 11.5 Å². The van der Waals surface area contributed by atoms with E-state index in [1.807, 2.05) is 0 Å². The summed E-state index contributed by atoms with van der Waals surface area (Å²) in [6.45, 7) is 1.64. The zero-order valence-corrected chi connectivity index (χ0v) is 16.4. The Labute approximate surface area is 168 Å². The van der Waals surface area contributed by atoms with E-state index in [0.29, 0.717) is 28.2 Å². The topological polar surface area (TPSA) is 82.1 Å². The maximum Gasteiger partial charge on any atom is 0.335 e. The molecular weight excluding hydrogens is 374 g/mol. The van der Waals surface area contributed by atoms with E-state index in [0.717, 1.165) is 4.90 Å². The van der Waals surface area contributed by atoms with Crippen LogP contribution in [0.4, 0.5) is 0 Å². The van der Waals surface area contributed by atoms with Crippen molar-refractivity contribution < 1.29 is 28.6 Å². The molecule has 2 aromatic rings. The standard InChI is InChI=1S/C22H21NO6/c1-4-29-22(26)15(11-14-9-10-16(27-2)12-19(14)28-3)13-23-20(24)17-7-5-6-8-18(17)21(23)25/h5-12H,4,13H2,1-3H3/b15-11+. The quantitative estimate of drug-likeness (QED) is 0.407. The van der Waals surface area contributed by atoms with Crippen molar-refractivity contribution in [3.63, 3.8) is 0 Å². The molecule has 7 heteroatoms. The summed E-state index contributed by atoms with van der Waals surface area (Å²) in [6.07, 6.45) is 1.56. The van der Waals surface area contributed by atoms with Crippen LogP contribution in [0.2, 0.25) is 0 Å². The number of hydrogen-bond donors (Lipinski definition) is 0. The SMILES string of the molecule is CCOC(=O)/C(=C/c1ccc(OC)cc1OC)CN1C(=O)c2ccccc2C1=O. The third-order valence-corrected chi connectivity index (χ3v) is 4.51. The molecule has 0 aromatic heterocycles. The number of esters is 1. The summed E-state index contributed by atoms with van der Waals surface area (Å²) in [4.78, 5) is 38.9. The molecule has 0 N–H and O–H groups in total. The second-order valence-corrected chi connectivity index (χ2v) is 6.24. The molecule has 1 heterocycles. The van der Waals surface area contributed by atoms with E-state index in [9.17, 15) is 14.4 Å². The van der Waals surface area contributed by atoms with Crippen LogP contribution in [0.1, 0.15) is 33.2 Å². The van der Waals surface area contributed by atoms with Gasteiger partial charge < -0.3 is 14.2 Å². The molecule has 3 rings (SSSR count). The summed E-state index contributed by atoms with van der Waals surface area (Å²) in [5.74, 6) is -0.419. The van der Waals surface area contributed by atoms with Crippen molar-refractivity contribution in [3.05, 3.63) is 64.7 Å². The molecule has 0 saturated heterocycles. The Hall–Kier alpha value is -3.61. The number of carbonyl (C=O) groups excluding carboxylic acids is 3. The Morgan fingerprint density at radius 1 is 1.00 bits per heavy atom. The number of benzene rings is 2. The first-order valence-electron chi connectivity index (χ1n) is 9.05. The van der Waals surface area contributed by atoms with E-state index in [1.54, 1.807) is 55.5 Å². The van der Waals surface area contributed by atoms with Gasteiger partial charge in [-0.1, -0.05) is 12.1 Å². The van der Waals surface area contributed by atoms with Crippen LogP contribution in [0.25, 0.3) is 6.08 Å². The largest absolute Gasteiger partial charge is 0.497 e. The Bertz CT molecular complexity index is 960. The Balaban J connectivity index is 1.97. The number of nitrogens with zero attached hydrogens (tertiary/aromatic N) is 1. The molecule has 2 amide bonds. The van der Waals surface area contributed by atoms with Gasteiger partial charge in [0.1, 0.15) is 11.5 Å². The molecule has 7 nitrogen and oxygen atoms in total. The molecule has 0 fully saturated rings. The number of imide groups is 1. The molecule has 0 saturated carbocycles. The maximum atomic E-state index is 12.7. The summed E-state index contributed by atoms with van der Waals surface area (Å²) in [5, 5.41) is 0. The first-order chi connectivity index (χ1) is 14.0. The molecule has 29 heavy (non-hydrogen) atoms. The van der Waals surface area contributed by atoms with Crippen LogP contribution in [-0.4, -0.2) is 50.1 Å². The van der Waals surface area contributed by atoms with Crippen molar-refractivity contribution in [2.75, 3.05) is 27.4 Å². The lowest BCUT2D eigenvalue weighted by Crippen LogP contribution is -2.33. The summed E-state index contributed by atoms with van der Waals surface area (Å²) in [7, 11) is 3.04. The van der Waals surface area contributed by atoms with Gasteiger partial charge in [0.15, 0.2) is 0 Å². The molecule has 150 valence electrons. The van der Waals surface area contributed by atoms with Gasteiger partial charge >= 0.3 is 5.97 Å². The summed E-state index contributed by atoms with van der Waals surface area (Å²) in [5.41, 5.74) is 1.39. The average Bonchev–Trinajstić information content (AvgIpc) is 2.98. The van der Waals surface area contributed by atoms with Crippen molar-refractivity contribution in [1.82, 2.24) is 4.90 Å². The molecule has 0 bridgehead atoms. The van der Waals surface area contributed by atoms with Gasteiger partial charge in [-0.2, -0.15) is 0 Å². The van der Waals surface area contributed by atoms with Gasteiger partial charge in [-0.15, -0.1) is 0 Å². The minimum atomic E-state index is -0.609. The minimum Gasteiger partial charge on any atom is -0.497 e. The Kier molecular flexibility index (Phi) is 5.97. The highest BCUT2D eigenvalue weighted by molar-refractivity contribution is 6.21. The number of carbonyl (C=O) groups is 3. The van der Waals surface area contributed by atoms with Crippen LogP contribution in [0.3, 0.4) is 0 Å². The van der Waals surface area contributed by atoms with Crippen LogP contribution < -0.4 is 9.47 Å². The fourth-order valence-electron chi connectivity index (χ4n) is 3.07. The molecule has 1 aliphatic heterocycles. The molecule has 1 aliphatic rings. The summed E-state index contributed by atoms with van der Waals surface area (Å²) in [6, 6.07) is 11.7. The minimum absolute atomic E-state index is 0.157. The van der Waals surface area contributed by atoms with Crippen molar-refractivity contribution in [2.45, 2.75) is 6.92 Å². The van der Waals surface area contributed by atoms with Crippen molar-refractivity contribution in [2.24, 2.45) is 0 Å². The van der Waals surface area contributed by atoms with E-state index >= 15 is 0 Å². The van der Waals surface area contributed by atoms with Crippen LogP contribution in [0.15, 0.2) is 48.0 Å². The van der Waals surface area contributed by atoms with E-state index in [1.165, 1.54) is 14.2 Å². The third-order valence-electron chi connectivity index (χ3n) is 4.51. The van der Waals surface area contributed by atoms with Crippen LogP contribution in [-0.2, 0) is 9.53 Å². The zero-order chi connectivity index (χ0) is 21.0. The van der Waals surface area contributed by atoms with E-state index in [-0.39, 0.29) is 18.7 Å². The van der Waals surface area contributed by atoms with Crippen LogP contribution in [0.5, 0.6) is 11.5 Å². The van der Waals surface area contributed by atoms with Crippen molar-refractivity contribution in [1.29, 1.82) is 0 Å². The smallest absolute Gasteiger partial charge is 0.335 e. The number of rotatable bonds is 7. The zero-order valence-electron chi connectivity index (χ0n) is 16.4. The van der Waals surface area contributed by atoms with E-state index in [4.69, 9.17) is 14.2 Å². The monoisotopic (exact) mass is 395 g/mol. The normalized spacial score (nSPS) is 13.3. The lowest BCUT2D eigenvalue weighted by atomic mass is 10.1. The predicted molar refractivity (Wildman–Crippen MR) is 106 cm³/mol. The van der Waals surface area contributed by atoms with Crippen LogP contribution in [0, 0.1) is 0 Å². The highest BCUT2D eigenvalue weighted by atomic mass is 16.5. The van der Waals surface area contributed by atoms with Gasteiger partial charge in [-0.3, -0.25) is 14.5 Å². The number of fused-ring (bicyclic) bond motifs is 1.